The predicted molar refractivity (Wildman–Crippen MR) is 140 cm³/mol. The highest BCUT2D eigenvalue weighted by Gasteiger charge is 2.34. The van der Waals surface area contributed by atoms with E-state index in [-0.39, 0.29) is 17.8 Å². The molecule has 0 saturated carbocycles. The second kappa shape index (κ2) is 15.2. The number of carbonyl (C=O) groups excluding carboxylic acids is 3. The van der Waals surface area contributed by atoms with E-state index in [2.05, 4.69) is 16.0 Å². The molecule has 1 rings (SSSR count). The van der Waals surface area contributed by atoms with Crippen LogP contribution in [-0.2, 0) is 25.6 Å². The number of amides is 3. The van der Waals surface area contributed by atoms with Crippen molar-refractivity contribution in [2.45, 2.75) is 91.4 Å². The monoisotopic (exact) mass is 504 g/mol. The maximum absolute atomic E-state index is 13.3. The number of benzene rings is 1. The van der Waals surface area contributed by atoms with Crippen molar-refractivity contribution in [3.63, 3.8) is 0 Å². The van der Waals surface area contributed by atoms with Gasteiger partial charge in [-0.05, 0) is 36.2 Å². The number of hydrogen-bond donors (Lipinski definition) is 5. The van der Waals surface area contributed by atoms with Crippen LogP contribution in [-0.4, -0.2) is 53.0 Å². The molecule has 0 heterocycles. The zero-order chi connectivity index (χ0) is 27.4. The van der Waals surface area contributed by atoms with Gasteiger partial charge in [0.25, 0.3) is 0 Å². The van der Waals surface area contributed by atoms with E-state index in [4.69, 9.17) is 5.73 Å². The summed E-state index contributed by atoms with van der Waals surface area (Å²) < 4.78 is 0. The molecule has 0 aliphatic rings. The van der Waals surface area contributed by atoms with Crippen LogP contribution < -0.4 is 21.7 Å². The SMILES string of the molecule is CCC(C)C(NC(=O)C(NC(=O)C(CC(C)C)NC(=O)C(N)Cc1ccccc1)C(C)CC)C(=O)O. The van der Waals surface area contributed by atoms with E-state index < -0.39 is 47.9 Å². The standard InChI is InChI=1S/C27H44N4O5/c1-7-17(5)22(26(34)31-23(27(35)36)18(6)8-2)30-25(33)21(14-16(3)4)29-24(32)20(28)15-19-12-10-9-11-13-19/h9-13,16-18,20-23H,7-8,14-15,28H2,1-6H3,(H,29,32)(H,30,33)(H,31,34)(H,35,36). The Labute approximate surface area is 215 Å². The number of nitrogens with one attached hydrogen (secondary N) is 3. The Hall–Kier alpha value is -2.94. The zero-order valence-electron chi connectivity index (χ0n) is 22.4. The molecule has 1 aromatic rings. The molecule has 6 unspecified atom stereocenters. The van der Waals surface area contributed by atoms with Crippen LogP contribution in [0.2, 0.25) is 0 Å². The van der Waals surface area contributed by atoms with Crippen molar-refractivity contribution >= 4 is 23.7 Å². The van der Waals surface area contributed by atoms with Gasteiger partial charge in [-0.15, -0.1) is 0 Å². The van der Waals surface area contributed by atoms with E-state index in [1.165, 1.54) is 0 Å². The summed E-state index contributed by atoms with van der Waals surface area (Å²) in [5, 5.41) is 17.7. The Balaban J connectivity index is 3.00. The number of rotatable bonds is 15. The lowest BCUT2D eigenvalue weighted by molar-refractivity contribution is -0.144. The summed E-state index contributed by atoms with van der Waals surface area (Å²) in [5.74, 6) is -3.07. The third-order valence-corrected chi connectivity index (χ3v) is 6.55. The fourth-order valence-electron chi connectivity index (χ4n) is 3.82. The Morgan fingerprint density at radius 3 is 1.83 bits per heavy atom. The molecular weight excluding hydrogens is 460 g/mol. The molecule has 0 radical (unpaired) electrons. The average Bonchev–Trinajstić information content (AvgIpc) is 2.84. The molecule has 0 saturated heterocycles. The molecule has 6 atom stereocenters. The van der Waals surface area contributed by atoms with Crippen molar-refractivity contribution < 1.29 is 24.3 Å². The summed E-state index contributed by atoms with van der Waals surface area (Å²) >= 11 is 0. The Morgan fingerprint density at radius 2 is 1.33 bits per heavy atom. The molecule has 1 aromatic carbocycles. The van der Waals surface area contributed by atoms with Gasteiger partial charge in [-0.25, -0.2) is 4.79 Å². The summed E-state index contributed by atoms with van der Waals surface area (Å²) in [5.41, 5.74) is 7.02. The maximum atomic E-state index is 13.3. The van der Waals surface area contributed by atoms with Crippen molar-refractivity contribution in [2.24, 2.45) is 23.5 Å². The average molecular weight is 505 g/mol. The van der Waals surface area contributed by atoms with Crippen LogP contribution in [0.5, 0.6) is 0 Å². The van der Waals surface area contributed by atoms with Gasteiger partial charge >= 0.3 is 5.97 Å². The summed E-state index contributed by atoms with van der Waals surface area (Å²) in [7, 11) is 0. The molecule has 3 amide bonds. The highest BCUT2D eigenvalue weighted by atomic mass is 16.4. The highest BCUT2D eigenvalue weighted by Crippen LogP contribution is 2.14. The minimum Gasteiger partial charge on any atom is -0.480 e. The summed E-state index contributed by atoms with van der Waals surface area (Å²) in [4.78, 5) is 50.9. The molecule has 6 N–H and O–H groups in total. The van der Waals surface area contributed by atoms with Gasteiger partial charge in [0.15, 0.2) is 0 Å². The van der Waals surface area contributed by atoms with Gasteiger partial charge in [0.05, 0.1) is 6.04 Å². The van der Waals surface area contributed by atoms with Gasteiger partial charge in [0.2, 0.25) is 17.7 Å². The fourth-order valence-corrected chi connectivity index (χ4v) is 3.82. The van der Waals surface area contributed by atoms with Crippen LogP contribution in [0.1, 0.15) is 66.4 Å². The number of carbonyl (C=O) groups is 4. The first-order valence-corrected chi connectivity index (χ1v) is 12.8. The first kappa shape index (κ1) is 31.1. The first-order valence-electron chi connectivity index (χ1n) is 12.8. The van der Waals surface area contributed by atoms with Gasteiger partial charge < -0.3 is 26.8 Å². The van der Waals surface area contributed by atoms with Crippen molar-refractivity contribution in [3.05, 3.63) is 35.9 Å². The zero-order valence-corrected chi connectivity index (χ0v) is 22.4. The molecular formula is C27H44N4O5. The van der Waals surface area contributed by atoms with Gasteiger partial charge in [-0.3, -0.25) is 14.4 Å². The van der Waals surface area contributed by atoms with E-state index in [1.807, 2.05) is 65.0 Å². The fraction of sp³-hybridized carbons (Fsp3) is 0.630. The molecule has 0 bridgehead atoms. The highest BCUT2D eigenvalue weighted by molar-refractivity contribution is 5.94. The second-order valence-electron chi connectivity index (χ2n) is 10.1. The van der Waals surface area contributed by atoms with E-state index >= 15 is 0 Å². The van der Waals surface area contributed by atoms with Gasteiger partial charge in [0.1, 0.15) is 18.1 Å². The molecule has 0 spiro atoms. The van der Waals surface area contributed by atoms with Gasteiger partial charge in [0, 0.05) is 0 Å². The van der Waals surface area contributed by atoms with E-state index in [9.17, 15) is 24.3 Å². The Bertz CT molecular complexity index is 861. The molecule has 9 heteroatoms. The third-order valence-electron chi connectivity index (χ3n) is 6.55. The second-order valence-corrected chi connectivity index (χ2v) is 10.1. The van der Waals surface area contributed by atoms with Crippen molar-refractivity contribution in [1.29, 1.82) is 0 Å². The van der Waals surface area contributed by atoms with Crippen LogP contribution in [0.25, 0.3) is 0 Å². The molecule has 202 valence electrons. The largest absolute Gasteiger partial charge is 0.480 e. The molecule has 9 nitrogen and oxygen atoms in total. The first-order chi connectivity index (χ1) is 16.9. The van der Waals surface area contributed by atoms with Crippen molar-refractivity contribution in [1.82, 2.24) is 16.0 Å². The molecule has 0 aliphatic carbocycles. The lowest BCUT2D eigenvalue weighted by Gasteiger charge is -2.29. The van der Waals surface area contributed by atoms with Crippen molar-refractivity contribution in [2.75, 3.05) is 0 Å². The van der Waals surface area contributed by atoms with Gasteiger partial charge in [-0.1, -0.05) is 84.7 Å². The summed E-state index contributed by atoms with van der Waals surface area (Å²) in [6.45, 7) is 11.2. The Morgan fingerprint density at radius 1 is 0.806 bits per heavy atom. The lowest BCUT2D eigenvalue weighted by Crippen LogP contribution is -2.59. The van der Waals surface area contributed by atoms with Crippen molar-refractivity contribution in [3.8, 4) is 0 Å². The van der Waals surface area contributed by atoms with Crippen LogP contribution in [0.3, 0.4) is 0 Å². The van der Waals surface area contributed by atoms with E-state index in [1.54, 1.807) is 6.92 Å². The lowest BCUT2D eigenvalue weighted by atomic mass is 9.94. The topological polar surface area (TPSA) is 151 Å². The van der Waals surface area contributed by atoms with E-state index in [0.717, 1.165) is 5.56 Å². The Kier molecular flexibility index (Phi) is 13.2. The third kappa shape index (κ3) is 9.97. The maximum Gasteiger partial charge on any atom is 0.326 e. The van der Waals surface area contributed by atoms with Crippen LogP contribution in [0.15, 0.2) is 30.3 Å². The normalized spacial score (nSPS) is 16.2. The van der Waals surface area contributed by atoms with Crippen LogP contribution >= 0.6 is 0 Å². The predicted octanol–water partition coefficient (Wildman–Crippen LogP) is 2.23. The molecule has 0 aromatic heterocycles. The van der Waals surface area contributed by atoms with E-state index in [0.29, 0.717) is 25.7 Å². The molecule has 36 heavy (non-hydrogen) atoms. The van der Waals surface area contributed by atoms with Crippen LogP contribution in [0.4, 0.5) is 0 Å². The molecule has 0 fully saturated rings. The summed E-state index contributed by atoms with van der Waals surface area (Å²) in [6.07, 6.45) is 1.84. The number of hydrogen-bond acceptors (Lipinski definition) is 5. The quantitative estimate of drug-likeness (QED) is 0.247. The number of aliphatic carboxylic acids is 1. The smallest absolute Gasteiger partial charge is 0.326 e. The number of carboxylic acid groups (broad SMARTS) is 1. The van der Waals surface area contributed by atoms with Gasteiger partial charge in [-0.2, -0.15) is 0 Å². The minimum absolute atomic E-state index is 0.0871. The number of carboxylic acids is 1. The minimum atomic E-state index is -1.12. The number of nitrogens with two attached hydrogens (primary N) is 1. The summed E-state index contributed by atoms with van der Waals surface area (Å²) in [6, 6.07) is 5.64. The van der Waals surface area contributed by atoms with Crippen LogP contribution in [0, 0.1) is 17.8 Å². The molecule has 0 aliphatic heterocycles.